The van der Waals surface area contributed by atoms with Crippen LogP contribution in [0.4, 0.5) is 5.69 Å². The van der Waals surface area contributed by atoms with E-state index in [0.717, 1.165) is 29.0 Å². The van der Waals surface area contributed by atoms with Crippen LogP contribution in [0.2, 0.25) is 5.02 Å². The van der Waals surface area contributed by atoms with Gasteiger partial charge in [0.05, 0.1) is 5.02 Å². The highest BCUT2D eigenvalue weighted by molar-refractivity contribution is 9.10. The van der Waals surface area contributed by atoms with Gasteiger partial charge in [-0.15, -0.1) is 0 Å². The molecule has 3 rings (SSSR count). The molecule has 4 heteroatoms. The van der Waals surface area contributed by atoms with Gasteiger partial charge in [-0.2, -0.15) is 0 Å². The Labute approximate surface area is 135 Å². The van der Waals surface area contributed by atoms with Crippen LogP contribution >= 0.6 is 27.5 Å². The number of rotatable bonds is 2. The molecule has 1 unspecified atom stereocenters. The summed E-state index contributed by atoms with van der Waals surface area (Å²) in [6.45, 7) is 4.47. The smallest absolute Gasteiger partial charge is 0.0568 e. The molecule has 0 amide bonds. The van der Waals surface area contributed by atoms with Gasteiger partial charge in [0.1, 0.15) is 0 Å². The van der Waals surface area contributed by atoms with E-state index in [0.29, 0.717) is 11.6 Å². The van der Waals surface area contributed by atoms with Crippen LogP contribution in [0, 0.1) is 0 Å². The van der Waals surface area contributed by atoms with Gasteiger partial charge in [-0.1, -0.05) is 31.4 Å². The summed E-state index contributed by atoms with van der Waals surface area (Å²) in [5, 5.41) is 4.64. The van der Waals surface area contributed by atoms with Crippen LogP contribution in [0.3, 0.4) is 0 Å². The summed E-state index contributed by atoms with van der Waals surface area (Å²) in [6, 6.07) is 6.92. The van der Waals surface area contributed by atoms with Gasteiger partial charge in [0.15, 0.2) is 0 Å². The number of halogens is 2. The van der Waals surface area contributed by atoms with Gasteiger partial charge in [-0.25, -0.2) is 0 Å². The maximum absolute atomic E-state index is 6.29. The molecular weight excluding hydrogens is 336 g/mol. The Morgan fingerprint density at radius 1 is 1.40 bits per heavy atom. The molecule has 0 bridgehead atoms. The van der Waals surface area contributed by atoms with Gasteiger partial charge in [0.2, 0.25) is 0 Å². The predicted molar refractivity (Wildman–Crippen MR) is 89.8 cm³/mol. The SMILES string of the molecule is CCC1CNC2(CCCC2)CN1c1ccc(Br)c(Cl)c1. The summed E-state index contributed by atoms with van der Waals surface area (Å²) >= 11 is 9.77. The van der Waals surface area contributed by atoms with Crippen molar-refractivity contribution in [3.8, 4) is 0 Å². The molecule has 2 aliphatic rings. The highest BCUT2D eigenvalue weighted by Crippen LogP contribution is 2.37. The van der Waals surface area contributed by atoms with E-state index in [2.05, 4.69) is 51.3 Å². The fourth-order valence-electron chi connectivity index (χ4n) is 3.67. The first-order chi connectivity index (χ1) is 9.63. The van der Waals surface area contributed by atoms with Crippen molar-refractivity contribution >= 4 is 33.2 Å². The fraction of sp³-hybridized carbons (Fsp3) is 0.625. The van der Waals surface area contributed by atoms with Crippen LogP contribution in [0.15, 0.2) is 22.7 Å². The summed E-state index contributed by atoms with van der Waals surface area (Å²) in [5.41, 5.74) is 1.60. The van der Waals surface area contributed by atoms with Crippen molar-refractivity contribution < 1.29 is 0 Å². The van der Waals surface area contributed by atoms with Gasteiger partial charge >= 0.3 is 0 Å². The first-order valence-electron chi connectivity index (χ1n) is 7.60. The molecule has 0 radical (unpaired) electrons. The lowest BCUT2D eigenvalue weighted by molar-refractivity contribution is 0.267. The number of nitrogens with one attached hydrogen (secondary N) is 1. The molecule has 1 spiro atoms. The number of benzene rings is 1. The second-order valence-corrected chi connectivity index (χ2v) is 7.42. The summed E-state index contributed by atoms with van der Waals surface area (Å²) in [5.74, 6) is 0. The van der Waals surface area contributed by atoms with E-state index in [4.69, 9.17) is 11.6 Å². The lowest BCUT2D eigenvalue weighted by atomic mass is 9.91. The van der Waals surface area contributed by atoms with Crippen molar-refractivity contribution in [2.45, 2.75) is 50.6 Å². The van der Waals surface area contributed by atoms with E-state index < -0.39 is 0 Å². The van der Waals surface area contributed by atoms with Crippen molar-refractivity contribution in [3.05, 3.63) is 27.7 Å². The molecule has 1 N–H and O–H groups in total. The number of hydrogen-bond donors (Lipinski definition) is 1. The van der Waals surface area contributed by atoms with Crippen LogP contribution in [0.5, 0.6) is 0 Å². The van der Waals surface area contributed by atoms with Crippen LogP contribution in [-0.4, -0.2) is 24.7 Å². The van der Waals surface area contributed by atoms with Crippen molar-refractivity contribution in [2.75, 3.05) is 18.0 Å². The molecule has 2 fully saturated rings. The first kappa shape index (κ1) is 14.7. The van der Waals surface area contributed by atoms with E-state index in [1.54, 1.807) is 0 Å². The number of anilines is 1. The predicted octanol–water partition coefficient (Wildman–Crippen LogP) is 4.60. The molecule has 1 saturated carbocycles. The number of hydrogen-bond acceptors (Lipinski definition) is 2. The zero-order valence-electron chi connectivity index (χ0n) is 12.0. The standard InChI is InChI=1S/C16H22BrClN2/c1-2-12-10-19-16(7-3-4-8-16)11-20(12)13-5-6-14(17)15(18)9-13/h5-6,9,12,19H,2-4,7-8,10-11H2,1H3. The molecule has 1 aromatic carbocycles. The minimum atomic E-state index is 0.339. The Morgan fingerprint density at radius 3 is 2.80 bits per heavy atom. The second kappa shape index (κ2) is 5.86. The van der Waals surface area contributed by atoms with Crippen molar-refractivity contribution in [2.24, 2.45) is 0 Å². The van der Waals surface area contributed by atoms with Crippen LogP contribution in [0.25, 0.3) is 0 Å². The third-order valence-electron chi connectivity index (χ3n) is 4.89. The van der Waals surface area contributed by atoms with Crippen molar-refractivity contribution in [3.63, 3.8) is 0 Å². The fourth-order valence-corrected chi connectivity index (χ4v) is 4.09. The van der Waals surface area contributed by atoms with E-state index in [9.17, 15) is 0 Å². The minimum absolute atomic E-state index is 0.339. The Hall–Kier alpha value is -0.250. The third kappa shape index (κ3) is 2.72. The quantitative estimate of drug-likeness (QED) is 0.832. The van der Waals surface area contributed by atoms with Gasteiger partial charge in [-0.3, -0.25) is 0 Å². The normalized spacial score (nSPS) is 25.4. The lowest BCUT2D eigenvalue weighted by Gasteiger charge is -2.47. The Kier molecular flexibility index (Phi) is 4.30. The van der Waals surface area contributed by atoms with E-state index in [1.165, 1.54) is 31.4 Å². The van der Waals surface area contributed by atoms with E-state index in [1.807, 2.05) is 0 Å². The maximum Gasteiger partial charge on any atom is 0.0568 e. The Balaban J connectivity index is 1.88. The zero-order chi connectivity index (χ0) is 14.2. The number of nitrogens with zero attached hydrogens (tertiary/aromatic N) is 1. The summed E-state index contributed by atoms with van der Waals surface area (Å²) in [6.07, 6.45) is 6.50. The molecule has 1 aliphatic heterocycles. The molecule has 1 saturated heterocycles. The molecule has 1 atom stereocenters. The number of piperazine rings is 1. The lowest BCUT2D eigenvalue weighted by Crippen LogP contribution is -2.63. The van der Waals surface area contributed by atoms with Gasteiger partial charge in [0, 0.05) is 34.8 Å². The van der Waals surface area contributed by atoms with Crippen molar-refractivity contribution in [1.29, 1.82) is 0 Å². The monoisotopic (exact) mass is 356 g/mol. The molecule has 1 aromatic rings. The molecular formula is C16H22BrClN2. The molecule has 1 aliphatic carbocycles. The summed E-state index contributed by atoms with van der Waals surface area (Å²) < 4.78 is 0.974. The molecule has 20 heavy (non-hydrogen) atoms. The highest BCUT2D eigenvalue weighted by atomic mass is 79.9. The van der Waals surface area contributed by atoms with Crippen LogP contribution in [-0.2, 0) is 0 Å². The molecule has 110 valence electrons. The van der Waals surface area contributed by atoms with Gasteiger partial charge in [0.25, 0.3) is 0 Å². The largest absolute Gasteiger partial charge is 0.365 e. The summed E-state index contributed by atoms with van der Waals surface area (Å²) in [7, 11) is 0. The van der Waals surface area contributed by atoms with E-state index >= 15 is 0 Å². The van der Waals surface area contributed by atoms with Crippen LogP contribution < -0.4 is 10.2 Å². The zero-order valence-corrected chi connectivity index (χ0v) is 14.3. The molecule has 1 heterocycles. The van der Waals surface area contributed by atoms with Crippen LogP contribution in [0.1, 0.15) is 39.0 Å². The average molecular weight is 358 g/mol. The van der Waals surface area contributed by atoms with Crippen molar-refractivity contribution in [1.82, 2.24) is 5.32 Å². The third-order valence-corrected chi connectivity index (χ3v) is 6.13. The first-order valence-corrected chi connectivity index (χ1v) is 8.77. The minimum Gasteiger partial charge on any atom is -0.365 e. The van der Waals surface area contributed by atoms with E-state index in [-0.39, 0.29) is 0 Å². The Morgan fingerprint density at radius 2 is 2.15 bits per heavy atom. The van der Waals surface area contributed by atoms with Gasteiger partial charge < -0.3 is 10.2 Å². The maximum atomic E-state index is 6.29. The summed E-state index contributed by atoms with van der Waals surface area (Å²) in [4.78, 5) is 2.57. The average Bonchev–Trinajstić information content (AvgIpc) is 2.90. The Bertz CT molecular complexity index is 485. The molecule has 0 aromatic heterocycles. The highest BCUT2D eigenvalue weighted by Gasteiger charge is 2.40. The topological polar surface area (TPSA) is 15.3 Å². The van der Waals surface area contributed by atoms with Gasteiger partial charge in [-0.05, 0) is 53.4 Å². The second-order valence-electron chi connectivity index (χ2n) is 6.16. The molecule has 2 nitrogen and oxygen atoms in total.